The molecule has 156 valence electrons. The summed E-state index contributed by atoms with van der Waals surface area (Å²) in [5.41, 5.74) is 3.62. The highest BCUT2D eigenvalue weighted by Crippen LogP contribution is 2.37. The molecule has 0 radical (unpaired) electrons. The van der Waals surface area contributed by atoms with Crippen LogP contribution < -0.4 is 21.3 Å². The van der Waals surface area contributed by atoms with E-state index in [1.54, 1.807) is 12.1 Å². The van der Waals surface area contributed by atoms with Gasteiger partial charge in [-0.25, -0.2) is 4.98 Å². The number of carbonyl (C=O) groups excluding carboxylic acids is 2. The van der Waals surface area contributed by atoms with Gasteiger partial charge in [0.25, 0.3) is 0 Å². The molecule has 0 saturated carbocycles. The smallest absolute Gasteiger partial charge is 0.215 e. The number of nitrogens with one attached hydrogen (secondary N) is 4. The van der Waals surface area contributed by atoms with Crippen LogP contribution in [0.5, 0.6) is 0 Å². The molecule has 0 unspecified atom stereocenters. The van der Waals surface area contributed by atoms with Gasteiger partial charge < -0.3 is 31.5 Å². The number of ketones is 2. The maximum atomic E-state index is 13.1. The van der Waals surface area contributed by atoms with Crippen LogP contribution in [0.4, 0.5) is 11.4 Å². The number of hydrogen-bond donors (Lipinski definition) is 6. The molecule has 1 aromatic heterocycles. The zero-order valence-electron chi connectivity index (χ0n) is 16.0. The molecule has 10 heteroatoms. The highest BCUT2D eigenvalue weighted by atomic mass is 32.1. The summed E-state index contributed by atoms with van der Waals surface area (Å²) >= 11 is 1.17. The Hall–Kier alpha value is -2.37. The number of nitrogens with zero attached hydrogens (tertiary/aromatic N) is 1. The van der Waals surface area contributed by atoms with Gasteiger partial charge in [0.1, 0.15) is 10.6 Å². The van der Waals surface area contributed by atoms with E-state index in [9.17, 15) is 9.59 Å². The SMILES string of the molecule is O=C1c2ncsc2C(=O)c2c(NCCNCCO)ccc(NCCNCCO)c21. The minimum Gasteiger partial charge on any atom is -0.395 e. The van der Waals surface area contributed by atoms with Gasteiger partial charge in [0.15, 0.2) is 0 Å². The average molecular weight is 420 g/mol. The molecule has 0 spiro atoms. The molecule has 0 fully saturated rings. The van der Waals surface area contributed by atoms with Gasteiger partial charge in [0.2, 0.25) is 11.6 Å². The van der Waals surface area contributed by atoms with Crippen LogP contribution in [0.1, 0.15) is 31.3 Å². The Balaban J connectivity index is 1.84. The van der Waals surface area contributed by atoms with Crippen molar-refractivity contribution < 1.29 is 19.8 Å². The van der Waals surface area contributed by atoms with Gasteiger partial charge >= 0.3 is 0 Å². The van der Waals surface area contributed by atoms with Crippen molar-refractivity contribution in [1.29, 1.82) is 0 Å². The van der Waals surface area contributed by atoms with E-state index in [2.05, 4.69) is 26.3 Å². The molecule has 6 N–H and O–H groups in total. The minimum atomic E-state index is -0.260. The second-order valence-corrected chi connectivity index (χ2v) is 7.25. The Morgan fingerprint density at radius 3 is 1.90 bits per heavy atom. The quantitative estimate of drug-likeness (QED) is 0.223. The Bertz CT molecular complexity index is 803. The molecule has 0 amide bonds. The molecule has 0 aliphatic heterocycles. The van der Waals surface area contributed by atoms with Crippen molar-refractivity contribution in [3.8, 4) is 0 Å². The molecular formula is C19H25N5O4S. The van der Waals surface area contributed by atoms with Crippen LogP contribution in [0.3, 0.4) is 0 Å². The average Bonchev–Trinajstić information content (AvgIpc) is 3.22. The van der Waals surface area contributed by atoms with Crippen LogP contribution in [0.2, 0.25) is 0 Å². The van der Waals surface area contributed by atoms with Crippen LogP contribution in [0, 0.1) is 0 Å². The first-order valence-electron chi connectivity index (χ1n) is 9.49. The third-order valence-electron chi connectivity index (χ3n) is 4.46. The lowest BCUT2D eigenvalue weighted by Gasteiger charge is -2.22. The van der Waals surface area contributed by atoms with Crippen molar-refractivity contribution in [1.82, 2.24) is 15.6 Å². The Morgan fingerprint density at radius 2 is 1.34 bits per heavy atom. The third kappa shape index (κ3) is 4.80. The summed E-state index contributed by atoms with van der Waals surface area (Å²) in [6.45, 7) is 3.40. The fourth-order valence-electron chi connectivity index (χ4n) is 3.15. The summed E-state index contributed by atoms with van der Waals surface area (Å²) in [7, 11) is 0. The lowest BCUT2D eigenvalue weighted by molar-refractivity contribution is 0.0980. The van der Waals surface area contributed by atoms with Gasteiger partial charge in [0, 0.05) is 50.6 Å². The summed E-state index contributed by atoms with van der Waals surface area (Å²) in [6.07, 6.45) is 0. The fourth-order valence-corrected chi connectivity index (χ4v) is 3.88. The fraction of sp³-hybridized carbons (Fsp3) is 0.421. The van der Waals surface area contributed by atoms with E-state index in [0.717, 1.165) is 0 Å². The molecule has 0 saturated heterocycles. The van der Waals surface area contributed by atoms with Crippen LogP contribution in [-0.4, -0.2) is 79.2 Å². The number of rotatable bonds is 12. The molecule has 1 heterocycles. The first-order valence-corrected chi connectivity index (χ1v) is 10.4. The van der Waals surface area contributed by atoms with Crippen LogP contribution in [0.25, 0.3) is 0 Å². The third-order valence-corrected chi connectivity index (χ3v) is 5.29. The van der Waals surface area contributed by atoms with E-state index >= 15 is 0 Å². The van der Waals surface area contributed by atoms with E-state index in [0.29, 0.717) is 66.6 Å². The first kappa shape index (κ1) is 21.3. The van der Waals surface area contributed by atoms with Gasteiger partial charge in [-0.1, -0.05) is 0 Å². The van der Waals surface area contributed by atoms with Crippen molar-refractivity contribution in [3.63, 3.8) is 0 Å². The number of benzene rings is 1. The topological polar surface area (TPSA) is 136 Å². The number of aliphatic hydroxyl groups excluding tert-OH is 2. The number of thiazole rings is 1. The van der Waals surface area contributed by atoms with Crippen LogP contribution in [0.15, 0.2) is 17.6 Å². The van der Waals surface area contributed by atoms with E-state index < -0.39 is 0 Å². The number of fused-ring (bicyclic) bond motifs is 2. The van der Waals surface area contributed by atoms with Crippen molar-refractivity contribution in [2.24, 2.45) is 0 Å². The molecule has 3 rings (SSSR count). The Morgan fingerprint density at radius 1 is 0.793 bits per heavy atom. The van der Waals surface area contributed by atoms with E-state index in [1.165, 1.54) is 16.8 Å². The number of aromatic nitrogens is 1. The largest absolute Gasteiger partial charge is 0.395 e. The lowest BCUT2D eigenvalue weighted by atomic mass is 9.88. The van der Waals surface area contributed by atoms with E-state index in [1.807, 2.05) is 0 Å². The first-order chi connectivity index (χ1) is 14.2. The summed E-state index contributed by atoms with van der Waals surface area (Å²) in [5.74, 6) is -0.464. The van der Waals surface area contributed by atoms with Gasteiger partial charge in [-0.05, 0) is 12.1 Å². The summed E-state index contributed by atoms with van der Waals surface area (Å²) in [5, 5.41) is 30.2. The monoisotopic (exact) mass is 419 g/mol. The van der Waals surface area contributed by atoms with E-state index in [4.69, 9.17) is 10.2 Å². The second-order valence-electron chi connectivity index (χ2n) is 6.40. The second kappa shape index (κ2) is 10.4. The standard InChI is InChI=1S/C19H25N5O4S/c25-9-7-20-3-5-22-12-1-2-13(23-6-4-21-8-10-26)15-14(12)17(27)16-19(18(15)28)29-11-24-16/h1-2,11,20-23,25-26H,3-10H2. The van der Waals surface area contributed by atoms with Crippen molar-refractivity contribution in [3.05, 3.63) is 39.3 Å². The molecule has 0 atom stereocenters. The van der Waals surface area contributed by atoms with Crippen LogP contribution in [-0.2, 0) is 0 Å². The number of hydrogen-bond acceptors (Lipinski definition) is 10. The Labute approximate surface area is 172 Å². The van der Waals surface area contributed by atoms with E-state index in [-0.39, 0.29) is 30.5 Å². The summed E-state index contributed by atoms with van der Waals surface area (Å²) < 4.78 is 0. The summed E-state index contributed by atoms with van der Waals surface area (Å²) in [4.78, 5) is 30.6. The highest BCUT2D eigenvalue weighted by Gasteiger charge is 2.36. The zero-order chi connectivity index (χ0) is 20.6. The lowest BCUT2D eigenvalue weighted by Crippen LogP contribution is -2.28. The van der Waals surface area contributed by atoms with Gasteiger partial charge in [0.05, 0.1) is 29.9 Å². The predicted molar refractivity (Wildman–Crippen MR) is 112 cm³/mol. The number of carbonyl (C=O) groups is 2. The van der Waals surface area contributed by atoms with Crippen LogP contribution >= 0.6 is 11.3 Å². The summed E-state index contributed by atoms with van der Waals surface area (Å²) in [6, 6.07) is 3.59. The maximum absolute atomic E-state index is 13.1. The normalized spacial score (nSPS) is 12.6. The van der Waals surface area contributed by atoms with Gasteiger partial charge in [-0.15, -0.1) is 11.3 Å². The zero-order valence-corrected chi connectivity index (χ0v) is 16.8. The molecular weight excluding hydrogens is 394 g/mol. The molecule has 29 heavy (non-hydrogen) atoms. The Kier molecular flexibility index (Phi) is 7.67. The van der Waals surface area contributed by atoms with Gasteiger partial charge in [-0.3, -0.25) is 9.59 Å². The molecule has 1 aliphatic rings. The molecule has 9 nitrogen and oxygen atoms in total. The minimum absolute atomic E-state index is 0.0581. The predicted octanol–water partition coefficient (Wildman–Crippen LogP) is -0.0939. The number of aliphatic hydroxyl groups is 2. The molecule has 1 aliphatic carbocycles. The number of anilines is 2. The van der Waals surface area contributed by atoms with Gasteiger partial charge in [-0.2, -0.15) is 0 Å². The highest BCUT2D eigenvalue weighted by molar-refractivity contribution is 7.12. The van der Waals surface area contributed by atoms with Crippen molar-refractivity contribution in [2.45, 2.75) is 0 Å². The van der Waals surface area contributed by atoms with Crippen molar-refractivity contribution >= 4 is 34.3 Å². The molecule has 1 aromatic carbocycles. The molecule has 2 aromatic rings. The maximum Gasteiger partial charge on any atom is 0.215 e. The van der Waals surface area contributed by atoms with Crippen molar-refractivity contribution in [2.75, 3.05) is 63.1 Å². The molecule has 0 bridgehead atoms.